The normalized spacial score (nSPS) is 21.2. The first-order valence-corrected chi connectivity index (χ1v) is 10.4. The van der Waals surface area contributed by atoms with Crippen LogP contribution in [-0.4, -0.2) is 75.0 Å². The van der Waals surface area contributed by atoms with E-state index in [2.05, 4.69) is 4.90 Å². The van der Waals surface area contributed by atoms with Crippen molar-refractivity contribution in [2.75, 3.05) is 44.4 Å². The first-order chi connectivity index (χ1) is 12.3. The summed E-state index contributed by atoms with van der Waals surface area (Å²) in [4.78, 5) is 28.5. The molecule has 2 aliphatic rings. The number of hydrogen-bond acceptors (Lipinski definition) is 6. The minimum atomic E-state index is -3.74. The van der Waals surface area contributed by atoms with E-state index in [1.54, 1.807) is 12.0 Å². The number of hydrogen-bond donors (Lipinski definition) is 0. The minimum absolute atomic E-state index is 0.0880. The number of amides is 2. The zero-order valence-corrected chi connectivity index (χ0v) is 15.7. The molecule has 0 saturated carbocycles. The second-order valence-electron chi connectivity index (χ2n) is 6.49. The number of benzene rings is 1. The molecule has 2 amide bonds. The largest absolute Gasteiger partial charge is 0.495 e. The first-order valence-electron chi connectivity index (χ1n) is 8.52. The second kappa shape index (κ2) is 7.14. The molecule has 8 nitrogen and oxygen atoms in total. The molecule has 0 radical (unpaired) electrons. The van der Waals surface area contributed by atoms with Gasteiger partial charge in [0.05, 0.1) is 19.1 Å². The van der Waals surface area contributed by atoms with Crippen molar-refractivity contribution in [2.24, 2.45) is 0 Å². The van der Waals surface area contributed by atoms with Crippen LogP contribution in [0.3, 0.4) is 0 Å². The van der Waals surface area contributed by atoms with Crippen LogP contribution in [0, 0.1) is 0 Å². The van der Waals surface area contributed by atoms with Gasteiger partial charge in [-0.3, -0.25) is 9.59 Å². The SMILES string of the molecule is COc1ccccc1N1CCN(C(=O)C2CCC(=O)N2S(C)(=O)=O)CC1. The second-order valence-corrected chi connectivity index (χ2v) is 8.35. The topological polar surface area (TPSA) is 87.2 Å². The van der Waals surface area contributed by atoms with E-state index in [4.69, 9.17) is 4.74 Å². The molecule has 2 fully saturated rings. The third-order valence-electron chi connectivity index (χ3n) is 4.82. The van der Waals surface area contributed by atoms with E-state index in [1.807, 2.05) is 24.3 Å². The Balaban J connectivity index is 1.68. The molecule has 142 valence electrons. The highest BCUT2D eigenvalue weighted by molar-refractivity contribution is 7.89. The number of methoxy groups -OCH3 is 1. The molecule has 2 heterocycles. The zero-order valence-electron chi connectivity index (χ0n) is 14.9. The van der Waals surface area contributed by atoms with Gasteiger partial charge >= 0.3 is 0 Å². The van der Waals surface area contributed by atoms with Crippen LogP contribution in [0.1, 0.15) is 12.8 Å². The Morgan fingerprint density at radius 2 is 1.81 bits per heavy atom. The van der Waals surface area contributed by atoms with Crippen LogP contribution in [0.25, 0.3) is 0 Å². The van der Waals surface area contributed by atoms with E-state index in [0.717, 1.165) is 22.0 Å². The van der Waals surface area contributed by atoms with Gasteiger partial charge in [0.2, 0.25) is 21.8 Å². The number of piperazine rings is 1. The number of rotatable bonds is 4. The van der Waals surface area contributed by atoms with Crippen molar-refractivity contribution in [3.63, 3.8) is 0 Å². The predicted molar refractivity (Wildman–Crippen MR) is 96.5 cm³/mol. The third kappa shape index (κ3) is 3.48. The van der Waals surface area contributed by atoms with Crippen molar-refractivity contribution in [2.45, 2.75) is 18.9 Å². The Hall–Kier alpha value is -2.29. The number of para-hydroxylation sites is 2. The molecule has 1 atom stereocenters. The number of anilines is 1. The summed E-state index contributed by atoms with van der Waals surface area (Å²) in [5.41, 5.74) is 0.968. The van der Waals surface area contributed by atoms with Crippen molar-refractivity contribution in [3.05, 3.63) is 24.3 Å². The summed E-state index contributed by atoms with van der Waals surface area (Å²) >= 11 is 0. The molecule has 26 heavy (non-hydrogen) atoms. The molecule has 1 aromatic rings. The molecular formula is C17H23N3O5S. The molecule has 0 N–H and O–H groups in total. The number of carbonyl (C=O) groups is 2. The number of nitrogens with zero attached hydrogens (tertiary/aromatic N) is 3. The van der Waals surface area contributed by atoms with Gasteiger partial charge in [-0.25, -0.2) is 12.7 Å². The van der Waals surface area contributed by atoms with Crippen molar-refractivity contribution >= 4 is 27.5 Å². The average molecular weight is 381 g/mol. The van der Waals surface area contributed by atoms with Crippen LogP contribution in [-0.2, 0) is 19.6 Å². The molecule has 9 heteroatoms. The van der Waals surface area contributed by atoms with Crippen LogP contribution >= 0.6 is 0 Å². The fourth-order valence-corrected chi connectivity index (χ4v) is 4.69. The van der Waals surface area contributed by atoms with Gasteiger partial charge in [-0.05, 0) is 18.6 Å². The third-order valence-corrected chi connectivity index (χ3v) is 5.99. The number of sulfonamides is 1. The monoisotopic (exact) mass is 381 g/mol. The molecule has 1 unspecified atom stereocenters. The van der Waals surface area contributed by atoms with Gasteiger partial charge in [-0.1, -0.05) is 12.1 Å². The molecule has 0 aliphatic carbocycles. The quantitative estimate of drug-likeness (QED) is 0.745. The van der Waals surface area contributed by atoms with Crippen molar-refractivity contribution in [3.8, 4) is 5.75 Å². The number of ether oxygens (including phenoxy) is 1. The van der Waals surface area contributed by atoms with Crippen LogP contribution < -0.4 is 9.64 Å². The predicted octanol–water partition coefficient (Wildman–Crippen LogP) is 0.294. The maximum atomic E-state index is 12.8. The lowest BCUT2D eigenvalue weighted by atomic mass is 10.1. The Labute approximate surface area is 153 Å². The minimum Gasteiger partial charge on any atom is -0.495 e. The maximum absolute atomic E-state index is 12.8. The smallest absolute Gasteiger partial charge is 0.246 e. The van der Waals surface area contributed by atoms with E-state index in [0.29, 0.717) is 26.2 Å². The summed E-state index contributed by atoms with van der Waals surface area (Å²) in [6.07, 6.45) is 1.30. The lowest BCUT2D eigenvalue weighted by molar-refractivity contribution is -0.138. The van der Waals surface area contributed by atoms with Gasteiger partial charge in [0.15, 0.2) is 0 Å². The summed E-state index contributed by atoms with van der Waals surface area (Å²) in [6.45, 7) is 2.18. The summed E-state index contributed by atoms with van der Waals surface area (Å²) in [6, 6.07) is 6.79. The summed E-state index contributed by atoms with van der Waals surface area (Å²) in [7, 11) is -2.12. The Bertz CT molecular complexity index is 802. The summed E-state index contributed by atoms with van der Waals surface area (Å²) in [5, 5.41) is 0. The fourth-order valence-electron chi connectivity index (χ4n) is 3.57. The molecule has 0 aromatic heterocycles. The van der Waals surface area contributed by atoms with E-state index in [9.17, 15) is 18.0 Å². The Morgan fingerprint density at radius 3 is 2.42 bits per heavy atom. The fraction of sp³-hybridized carbons (Fsp3) is 0.529. The molecule has 2 aliphatic heterocycles. The van der Waals surface area contributed by atoms with Crippen LogP contribution in [0.4, 0.5) is 5.69 Å². The highest BCUT2D eigenvalue weighted by Gasteiger charge is 2.43. The van der Waals surface area contributed by atoms with Gasteiger partial charge in [0.1, 0.15) is 11.8 Å². The molecular weight excluding hydrogens is 358 g/mol. The molecule has 2 saturated heterocycles. The Kier molecular flexibility index (Phi) is 5.08. The molecule has 1 aromatic carbocycles. The molecule has 0 spiro atoms. The van der Waals surface area contributed by atoms with E-state index in [-0.39, 0.29) is 18.7 Å². The van der Waals surface area contributed by atoms with Crippen molar-refractivity contribution in [1.29, 1.82) is 0 Å². The zero-order chi connectivity index (χ0) is 18.9. The average Bonchev–Trinajstić information content (AvgIpc) is 3.03. The van der Waals surface area contributed by atoms with Gasteiger partial charge in [0.25, 0.3) is 0 Å². The van der Waals surface area contributed by atoms with Crippen LogP contribution in [0.15, 0.2) is 24.3 Å². The van der Waals surface area contributed by atoms with Gasteiger partial charge in [-0.2, -0.15) is 0 Å². The van der Waals surface area contributed by atoms with E-state index in [1.165, 1.54) is 0 Å². The maximum Gasteiger partial charge on any atom is 0.246 e. The van der Waals surface area contributed by atoms with E-state index < -0.39 is 22.0 Å². The van der Waals surface area contributed by atoms with Crippen molar-refractivity contribution < 1.29 is 22.7 Å². The van der Waals surface area contributed by atoms with Gasteiger partial charge in [-0.15, -0.1) is 0 Å². The lowest BCUT2D eigenvalue weighted by Gasteiger charge is -2.38. The first kappa shape index (κ1) is 18.5. The number of carbonyl (C=O) groups excluding carboxylic acids is 2. The standard InChI is InChI=1S/C17H23N3O5S/c1-25-15-6-4-3-5-13(15)18-9-11-19(12-10-18)17(22)14-7-8-16(21)20(14)26(2,23)24/h3-6,14H,7-12H2,1-2H3. The van der Waals surface area contributed by atoms with Gasteiger partial charge < -0.3 is 14.5 Å². The summed E-state index contributed by atoms with van der Waals surface area (Å²) < 4.78 is 29.9. The van der Waals surface area contributed by atoms with Crippen LogP contribution in [0.2, 0.25) is 0 Å². The molecule has 3 rings (SSSR count). The van der Waals surface area contributed by atoms with Crippen molar-refractivity contribution in [1.82, 2.24) is 9.21 Å². The van der Waals surface area contributed by atoms with Gasteiger partial charge in [0, 0.05) is 32.6 Å². The Morgan fingerprint density at radius 1 is 1.15 bits per heavy atom. The van der Waals surface area contributed by atoms with Crippen LogP contribution in [0.5, 0.6) is 5.75 Å². The molecule has 0 bridgehead atoms. The highest BCUT2D eigenvalue weighted by atomic mass is 32.2. The summed E-state index contributed by atoms with van der Waals surface area (Å²) in [5.74, 6) is -0.0172. The lowest BCUT2D eigenvalue weighted by Crippen LogP contribution is -2.54. The highest BCUT2D eigenvalue weighted by Crippen LogP contribution is 2.29. The van der Waals surface area contributed by atoms with E-state index >= 15 is 0 Å².